The Bertz CT molecular complexity index is 549. The van der Waals surface area contributed by atoms with Gasteiger partial charge in [-0.3, -0.25) is 0 Å². The molecule has 20 heavy (non-hydrogen) atoms. The van der Waals surface area contributed by atoms with E-state index < -0.39 is 6.10 Å². The molecular formula is C19H18O. The molecule has 0 bridgehead atoms. The maximum absolute atomic E-state index is 9.80. The van der Waals surface area contributed by atoms with E-state index in [0.717, 1.165) is 16.7 Å². The summed E-state index contributed by atoms with van der Waals surface area (Å²) in [6, 6.07) is 20.4. The first-order valence-corrected chi connectivity index (χ1v) is 6.74. The average molecular weight is 262 g/mol. The van der Waals surface area contributed by atoms with Gasteiger partial charge >= 0.3 is 0 Å². The second-order valence-corrected chi connectivity index (χ2v) is 4.65. The van der Waals surface area contributed by atoms with Crippen LogP contribution in [-0.4, -0.2) is 11.2 Å². The van der Waals surface area contributed by atoms with Crippen molar-refractivity contribution in [2.24, 2.45) is 0 Å². The number of hydrogen-bond acceptors (Lipinski definition) is 1. The highest BCUT2D eigenvalue weighted by Gasteiger charge is 2.06. The number of aliphatic hydroxyl groups is 1. The van der Waals surface area contributed by atoms with E-state index in [0.29, 0.717) is 12.8 Å². The molecule has 0 heterocycles. The van der Waals surface area contributed by atoms with Gasteiger partial charge < -0.3 is 5.11 Å². The van der Waals surface area contributed by atoms with Crippen LogP contribution in [0.4, 0.5) is 0 Å². The van der Waals surface area contributed by atoms with E-state index in [1.807, 2.05) is 36.4 Å². The lowest BCUT2D eigenvalue weighted by Gasteiger charge is -2.10. The molecule has 0 aliphatic heterocycles. The zero-order valence-corrected chi connectivity index (χ0v) is 11.4. The molecule has 1 heteroatoms. The summed E-state index contributed by atoms with van der Waals surface area (Å²) in [5.74, 6) is 2.49. The van der Waals surface area contributed by atoms with Crippen molar-refractivity contribution in [2.45, 2.75) is 18.9 Å². The molecule has 0 aromatic heterocycles. The lowest BCUT2D eigenvalue weighted by Crippen LogP contribution is -2.03. The predicted molar refractivity (Wildman–Crippen MR) is 84.0 cm³/mol. The zero-order chi connectivity index (χ0) is 14.2. The van der Waals surface area contributed by atoms with E-state index >= 15 is 0 Å². The molecule has 0 fully saturated rings. The molecule has 0 radical (unpaired) electrons. The van der Waals surface area contributed by atoms with Gasteiger partial charge in [0.2, 0.25) is 0 Å². The molecule has 0 aliphatic carbocycles. The average Bonchev–Trinajstić information content (AvgIpc) is 2.50. The molecule has 0 saturated heterocycles. The van der Waals surface area contributed by atoms with Gasteiger partial charge in [0.1, 0.15) is 0 Å². The van der Waals surface area contributed by atoms with E-state index in [2.05, 4.69) is 36.3 Å². The molecule has 0 spiro atoms. The minimum Gasteiger partial charge on any atom is -0.392 e. The second kappa shape index (κ2) is 7.33. The molecular weight excluding hydrogens is 244 g/mol. The summed E-state index contributed by atoms with van der Waals surface area (Å²) >= 11 is 0. The van der Waals surface area contributed by atoms with E-state index in [4.69, 9.17) is 6.42 Å². The number of benzene rings is 2. The third-order valence-corrected chi connectivity index (χ3v) is 3.12. The van der Waals surface area contributed by atoms with Gasteiger partial charge in [-0.05, 0) is 23.1 Å². The molecule has 0 saturated carbocycles. The van der Waals surface area contributed by atoms with Crippen LogP contribution in [0.2, 0.25) is 0 Å². The van der Waals surface area contributed by atoms with Crippen molar-refractivity contribution >= 4 is 5.57 Å². The van der Waals surface area contributed by atoms with Gasteiger partial charge in [0.25, 0.3) is 0 Å². The maximum atomic E-state index is 9.80. The third kappa shape index (κ3) is 3.85. The van der Waals surface area contributed by atoms with Crippen LogP contribution in [0.1, 0.15) is 24.0 Å². The first kappa shape index (κ1) is 14.1. The van der Waals surface area contributed by atoms with Gasteiger partial charge in [-0.2, -0.15) is 0 Å². The first-order chi connectivity index (χ1) is 9.81. The van der Waals surface area contributed by atoms with Gasteiger partial charge in [-0.25, -0.2) is 0 Å². The van der Waals surface area contributed by atoms with Crippen LogP contribution < -0.4 is 0 Å². The van der Waals surface area contributed by atoms with Crippen molar-refractivity contribution in [1.29, 1.82) is 0 Å². The lowest BCUT2D eigenvalue weighted by molar-refractivity contribution is 0.184. The molecule has 1 atom stereocenters. The van der Waals surface area contributed by atoms with Crippen molar-refractivity contribution in [3.05, 3.63) is 77.9 Å². The van der Waals surface area contributed by atoms with Crippen molar-refractivity contribution in [3.63, 3.8) is 0 Å². The summed E-state index contributed by atoms with van der Waals surface area (Å²) in [6.07, 6.45) is 7.75. The molecule has 2 aromatic carbocycles. The van der Waals surface area contributed by atoms with E-state index in [1.54, 1.807) is 0 Å². The van der Waals surface area contributed by atoms with Crippen LogP contribution >= 0.6 is 0 Å². The Labute approximate surface area is 120 Å². The standard InChI is InChI=1S/C19H18O/c1-2-9-18(20)14-15-19(16-10-5-3-6-11-16)17-12-7-4-8-13-17/h1,3-8,10-13,15,18,20H,9,14H2/t18-/m1/s1. The first-order valence-electron chi connectivity index (χ1n) is 6.74. The van der Waals surface area contributed by atoms with Gasteiger partial charge in [0.05, 0.1) is 6.10 Å². The fourth-order valence-corrected chi connectivity index (χ4v) is 2.11. The Hall–Kier alpha value is -2.30. The van der Waals surface area contributed by atoms with Gasteiger partial charge in [-0.15, -0.1) is 12.3 Å². The Kier molecular flexibility index (Phi) is 5.17. The largest absolute Gasteiger partial charge is 0.392 e. The molecule has 1 nitrogen and oxygen atoms in total. The summed E-state index contributed by atoms with van der Waals surface area (Å²) in [6.45, 7) is 0. The molecule has 1 N–H and O–H groups in total. The highest BCUT2D eigenvalue weighted by Crippen LogP contribution is 2.24. The van der Waals surface area contributed by atoms with Crippen molar-refractivity contribution < 1.29 is 5.11 Å². The normalized spacial score (nSPS) is 11.4. The predicted octanol–water partition coefficient (Wildman–Crippen LogP) is 3.89. The lowest BCUT2D eigenvalue weighted by atomic mass is 9.96. The monoisotopic (exact) mass is 262 g/mol. The molecule has 100 valence electrons. The van der Waals surface area contributed by atoms with Crippen molar-refractivity contribution in [3.8, 4) is 12.3 Å². The van der Waals surface area contributed by atoms with E-state index in [-0.39, 0.29) is 0 Å². The highest BCUT2D eigenvalue weighted by molar-refractivity contribution is 5.79. The summed E-state index contributed by atoms with van der Waals surface area (Å²) < 4.78 is 0. The summed E-state index contributed by atoms with van der Waals surface area (Å²) in [5, 5.41) is 9.80. The Morgan fingerprint density at radius 2 is 1.50 bits per heavy atom. The summed E-state index contributed by atoms with van der Waals surface area (Å²) in [5.41, 5.74) is 3.42. The van der Waals surface area contributed by atoms with Gasteiger partial charge in [-0.1, -0.05) is 66.7 Å². The van der Waals surface area contributed by atoms with Crippen molar-refractivity contribution in [1.82, 2.24) is 0 Å². The molecule has 0 unspecified atom stereocenters. The second-order valence-electron chi connectivity index (χ2n) is 4.65. The van der Waals surface area contributed by atoms with Crippen molar-refractivity contribution in [2.75, 3.05) is 0 Å². The molecule has 2 aromatic rings. The third-order valence-electron chi connectivity index (χ3n) is 3.12. The number of aliphatic hydroxyl groups excluding tert-OH is 1. The fourth-order valence-electron chi connectivity index (χ4n) is 2.11. The minimum absolute atomic E-state index is 0.382. The zero-order valence-electron chi connectivity index (χ0n) is 11.4. The quantitative estimate of drug-likeness (QED) is 0.810. The Morgan fingerprint density at radius 3 is 1.95 bits per heavy atom. The maximum Gasteiger partial charge on any atom is 0.0683 e. The van der Waals surface area contributed by atoms with Crippen LogP contribution in [0.15, 0.2) is 66.7 Å². The number of rotatable bonds is 5. The van der Waals surface area contributed by atoms with Crippen LogP contribution in [0.25, 0.3) is 5.57 Å². The van der Waals surface area contributed by atoms with Crippen LogP contribution in [0.5, 0.6) is 0 Å². The SMILES string of the molecule is C#CC[C@@H](O)CC=C(c1ccccc1)c1ccccc1. The summed E-state index contributed by atoms with van der Waals surface area (Å²) in [4.78, 5) is 0. The fraction of sp³-hybridized carbons (Fsp3) is 0.158. The topological polar surface area (TPSA) is 20.2 Å². The van der Waals surface area contributed by atoms with E-state index in [9.17, 15) is 5.11 Å². The minimum atomic E-state index is -0.484. The Balaban J connectivity index is 2.31. The molecule has 0 aliphatic rings. The van der Waals surface area contributed by atoms with Gasteiger partial charge in [0, 0.05) is 6.42 Å². The molecule has 0 amide bonds. The summed E-state index contributed by atoms with van der Waals surface area (Å²) in [7, 11) is 0. The van der Waals surface area contributed by atoms with E-state index in [1.165, 1.54) is 0 Å². The smallest absolute Gasteiger partial charge is 0.0683 e. The molecule has 2 rings (SSSR count). The van der Waals surface area contributed by atoms with Crippen LogP contribution in [0.3, 0.4) is 0 Å². The van der Waals surface area contributed by atoms with Crippen LogP contribution in [-0.2, 0) is 0 Å². The van der Waals surface area contributed by atoms with Crippen LogP contribution in [0, 0.1) is 12.3 Å². The van der Waals surface area contributed by atoms with Gasteiger partial charge in [0.15, 0.2) is 0 Å². The Morgan fingerprint density at radius 1 is 1.00 bits per heavy atom. The highest BCUT2D eigenvalue weighted by atomic mass is 16.3. The number of terminal acetylenes is 1. The number of hydrogen-bond donors (Lipinski definition) is 1.